The Hall–Kier alpha value is -2.63. The lowest BCUT2D eigenvalue weighted by Crippen LogP contribution is -2.30. The van der Waals surface area contributed by atoms with Crippen LogP contribution in [0.15, 0.2) is 54.6 Å². The Kier molecular flexibility index (Phi) is 5.71. The predicted octanol–water partition coefficient (Wildman–Crippen LogP) is 3.97. The quantitative estimate of drug-likeness (QED) is 0.668. The highest BCUT2D eigenvalue weighted by atomic mass is 35.5. The summed E-state index contributed by atoms with van der Waals surface area (Å²) < 4.78 is 5.11. The van der Waals surface area contributed by atoms with Gasteiger partial charge in [-0.25, -0.2) is 4.98 Å². The molecule has 3 rings (SSSR count). The SMILES string of the molecule is COc1ccc(NC(=O)CN(C)Cc2cc3ccccc3nc2Cl)cc1. The first-order valence-corrected chi connectivity index (χ1v) is 8.59. The third-order valence-electron chi connectivity index (χ3n) is 3.98. The molecule has 1 heterocycles. The van der Waals surface area contributed by atoms with Crippen molar-refractivity contribution in [3.05, 3.63) is 65.3 Å². The molecule has 0 fully saturated rings. The number of pyridine rings is 1. The van der Waals surface area contributed by atoms with Crippen molar-refractivity contribution in [2.24, 2.45) is 0 Å². The number of halogens is 1. The highest BCUT2D eigenvalue weighted by molar-refractivity contribution is 6.30. The average molecular weight is 370 g/mol. The van der Waals surface area contributed by atoms with E-state index in [0.717, 1.165) is 27.9 Å². The van der Waals surface area contributed by atoms with Gasteiger partial charge < -0.3 is 10.1 Å². The van der Waals surface area contributed by atoms with Crippen LogP contribution in [-0.2, 0) is 11.3 Å². The van der Waals surface area contributed by atoms with Crippen molar-refractivity contribution < 1.29 is 9.53 Å². The number of carbonyl (C=O) groups excluding carboxylic acids is 1. The second kappa shape index (κ2) is 8.17. The highest BCUT2D eigenvalue weighted by Crippen LogP contribution is 2.21. The fraction of sp³-hybridized carbons (Fsp3) is 0.200. The van der Waals surface area contributed by atoms with E-state index in [1.165, 1.54) is 0 Å². The molecule has 0 aliphatic heterocycles. The Morgan fingerprint density at radius 1 is 1.19 bits per heavy atom. The zero-order chi connectivity index (χ0) is 18.5. The van der Waals surface area contributed by atoms with Crippen molar-refractivity contribution in [3.8, 4) is 5.75 Å². The van der Waals surface area contributed by atoms with Gasteiger partial charge in [0, 0.05) is 23.2 Å². The fourth-order valence-electron chi connectivity index (χ4n) is 2.71. The van der Waals surface area contributed by atoms with Gasteiger partial charge in [0.15, 0.2) is 0 Å². The molecule has 26 heavy (non-hydrogen) atoms. The number of carbonyl (C=O) groups is 1. The molecule has 0 atom stereocenters. The first kappa shape index (κ1) is 18.2. The minimum Gasteiger partial charge on any atom is -0.497 e. The van der Waals surface area contributed by atoms with Crippen molar-refractivity contribution in [2.45, 2.75) is 6.54 Å². The van der Waals surface area contributed by atoms with E-state index in [-0.39, 0.29) is 12.5 Å². The summed E-state index contributed by atoms with van der Waals surface area (Å²) in [6.45, 7) is 0.780. The molecule has 1 N–H and O–H groups in total. The minimum absolute atomic E-state index is 0.0949. The molecule has 1 aromatic heterocycles. The first-order chi connectivity index (χ1) is 12.5. The van der Waals surface area contributed by atoms with E-state index in [2.05, 4.69) is 10.3 Å². The smallest absolute Gasteiger partial charge is 0.238 e. The van der Waals surface area contributed by atoms with Crippen molar-refractivity contribution in [3.63, 3.8) is 0 Å². The molecule has 1 amide bonds. The second-order valence-electron chi connectivity index (χ2n) is 6.08. The van der Waals surface area contributed by atoms with Crippen LogP contribution in [0.5, 0.6) is 5.75 Å². The number of likely N-dealkylation sites (N-methyl/N-ethyl adjacent to an activating group) is 1. The third kappa shape index (κ3) is 4.50. The number of para-hydroxylation sites is 1. The summed E-state index contributed by atoms with van der Waals surface area (Å²) in [5, 5.41) is 4.36. The third-order valence-corrected chi connectivity index (χ3v) is 4.30. The van der Waals surface area contributed by atoms with E-state index in [0.29, 0.717) is 11.7 Å². The van der Waals surface area contributed by atoms with Gasteiger partial charge in [0.1, 0.15) is 10.9 Å². The molecule has 0 unspecified atom stereocenters. The molecule has 0 aliphatic rings. The van der Waals surface area contributed by atoms with Crippen LogP contribution in [0.1, 0.15) is 5.56 Å². The number of aromatic nitrogens is 1. The zero-order valence-corrected chi connectivity index (χ0v) is 15.5. The molecule has 0 bridgehead atoms. The molecule has 134 valence electrons. The molecular formula is C20H20ClN3O2. The summed E-state index contributed by atoms with van der Waals surface area (Å²) in [7, 11) is 3.48. The predicted molar refractivity (Wildman–Crippen MR) is 105 cm³/mol. The van der Waals surface area contributed by atoms with Gasteiger partial charge in [-0.05, 0) is 43.4 Å². The van der Waals surface area contributed by atoms with E-state index < -0.39 is 0 Å². The number of rotatable bonds is 6. The summed E-state index contributed by atoms with van der Waals surface area (Å²) in [6, 6.07) is 17.1. The number of benzene rings is 2. The molecule has 0 saturated carbocycles. The Morgan fingerprint density at radius 2 is 1.92 bits per heavy atom. The van der Waals surface area contributed by atoms with Crippen molar-refractivity contribution in [1.82, 2.24) is 9.88 Å². The van der Waals surface area contributed by atoms with Crippen molar-refractivity contribution in [2.75, 3.05) is 26.0 Å². The number of fused-ring (bicyclic) bond motifs is 1. The summed E-state index contributed by atoms with van der Waals surface area (Å²) in [5.41, 5.74) is 2.49. The molecular weight excluding hydrogens is 350 g/mol. The average Bonchev–Trinajstić information content (AvgIpc) is 2.62. The van der Waals surface area contributed by atoms with Crippen LogP contribution in [0, 0.1) is 0 Å². The number of hydrogen-bond donors (Lipinski definition) is 1. The Bertz CT molecular complexity index is 913. The van der Waals surface area contributed by atoms with Crippen molar-refractivity contribution >= 4 is 34.1 Å². The van der Waals surface area contributed by atoms with Crippen LogP contribution >= 0.6 is 11.6 Å². The van der Waals surface area contributed by atoms with Crippen LogP contribution < -0.4 is 10.1 Å². The van der Waals surface area contributed by atoms with Gasteiger partial charge in [-0.15, -0.1) is 0 Å². The van der Waals surface area contributed by atoms with Gasteiger partial charge >= 0.3 is 0 Å². The molecule has 3 aromatic rings. The van der Waals surface area contributed by atoms with Crippen molar-refractivity contribution in [1.29, 1.82) is 0 Å². The maximum Gasteiger partial charge on any atom is 0.238 e. The van der Waals surface area contributed by atoms with Gasteiger partial charge in [0.2, 0.25) is 5.91 Å². The zero-order valence-electron chi connectivity index (χ0n) is 14.7. The van der Waals surface area contributed by atoms with Gasteiger partial charge in [0.25, 0.3) is 0 Å². The lowest BCUT2D eigenvalue weighted by molar-refractivity contribution is -0.117. The summed E-state index contributed by atoms with van der Waals surface area (Å²) in [4.78, 5) is 18.5. The number of nitrogens with zero attached hydrogens (tertiary/aromatic N) is 2. The normalized spacial score (nSPS) is 10.9. The number of methoxy groups -OCH3 is 1. The standard InChI is InChI=1S/C20H20ClN3O2/c1-24(13-19(25)22-16-7-9-17(26-2)10-8-16)12-15-11-14-5-3-4-6-18(14)23-20(15)21/h3-11H,12-13H2,1-2H3,(H,22,25). The molecule has 0 saturated heterocycles. The Morgan fingerprint density at radius 3 is 2.65 bits per heavy atom. The molecule has 2 aromatic carbocycles. The molecule has 0 aliphatic carbocycles. The maximum atomic E-state index is 12.2. The second-order valence-corrected chi connectivity index (χ2v) is 6.44. The molecule has 5 nitrogen and oxygen atoms in total. The Labute approximate surface area is 157 Å². The van der Waals surface area contributed by atoms with Gasteiger partial charge in [-0.1, -0.05) is 29.8 Å². The van der Waals surface area contributed by atoms with Crippen LogP contribution in [0.2, 0.25) is 5.15 Å². The van der Waals surface area contributed by atoms with E-state index in [1.807, 2.05) is 42.3 Å². The van der Waals surface area contributed by atoms with Gasteiger partial charge in [0.05, 0.1) is 19.2 Å². The van der Waals surface area contributed by atoms with Crippen LogP contribution in [0.4, 0.5) is 5.69 Å². The van der Waals surface area contributed by atoms with Gasteiger partial charge in [-0.2, -0.15) is 0 Å². The minimum atomic E-state index is -0.0949. The number of hydrogen-bond acceptors (Lipinski definition) is 4. The van der Waals surface area contributed by atoms with Crippen LogP contribution in [-0.4, -0.2) is 36.5 Å². The molecule has 0 spiro atoms. The summed E-state index contributed by atoms with van der Waals surface area (Å²) in [5.74, 6) is 0.654. The summed E-state index contributed by atoms with van der Waals surface area (Å²) in [6.07, 6.45) is 0. The molecule has 6 heteroatoms. The lowest BCUT2D eigenvalue weighted by Gasteiger charge is -2.17. The number of ether oxygens (including phenoxy) is 1. The number of anilines is 1. The lowest BCUT2D eigenvalue weighted by atomic mass is 10.1. The van der Waals surface area contributed by atoms with Crippen LogP contribution in [0.25, 0.3) is 10.9 Å². The van der Waals surface area contributed by atoms with Gasteiger partial charge in [-0.3, -0.25) is 9.69 Å². The Balaban J connectivity index is 1.61. The number of amides is 1. The van der Waals surface area contributed by atoms with E-state index in [9.17, 15) is 4.79 Å². The van der Waals surface area contributed by atoms with E-state index in [4.69, 9.17) is 16.3 Å². The monoisotopic (exact) mass is 369 g/mol. The fourth-order valence-corrected chi connectivity index (χ4v) is 2.92. The van der Waals surface area contributed by atoms with E-state index in [1.54, 1.807) is 31.4 Å². The first-order valence-electron chi connectivity index (χ1n) is 8.22. The molecule has 0 radical (unpaired) electrons. The largest absolute Gasteiger partial charge is 0.497 e. The topological polar surface area (TPSA) is 54.5 Å². The number of nitrogens with one attached hydrogen (secondary N) is 1. The van der Waals surface area contributed by atoms with Crippen LogP contribution in [0.3, 0.4) is 0 Å². The maximum absolute atomic E-state index is 12.2. The highest BCUT2D eigenvalue weighted by Gasteiger charge is 2.11. The van der Waals surface area contributed by atoms with E-state index >= 15 is 0 Å². The summed E-state index contributed by atoms with van der Waals surface area (Å²) >= 11 is 6.29.